The smallest absolute Gasteiger partial charge is 0.234 e. The summed E-state index contributed by atoms with van der Waals surface area (Å²) in [4.78, 5) is 23.4. The average molecular weight is 259 g/mol. The van der Waals surface area contributed by atoms with E-state index in [9.17, 15) is 9.59 Å². The van der Waals surface area contributed by atoms with Gasteiger partial charge >= 0.3 is 0 Å². The third kappa shape index (κ3) is 2.12. The Morgan fingerprint density at radius 3 is 2.30 bits per heavy atom. The Morgan fingerprint density at radius 2 is 1.50 bits per heavy atom. The zero-order valence-electron chi connectivity index (χ0n) is 10.7. The summed E-state index contributed by atoms with van der Waals surface area (Å²) in [6, 6.07) is 20.1. The Bertz CT molecular complexity index is 803. The summed E-state index contributed by atoms with van der Waals surface area (Å²) in [6.07, 6.45) is 1.81. The number of carbonyl (C=O) groups excluding carboxylic acids is 2. The molecule has 3 aromatic carbocycles. The van der Waals surface area contributed by atoms with Crippen molar-refractivity contribution >= 4 is 22.8 Å². The van der Waals surface area contributed by atoms with Gasteiger partial charge in [-0.3, -0.25) is 9.59 Å². The Labute approximate surface area is 116 Å². The number of hydrogen-bond acceptors (Lipinski definition) is 2. The molecule has 0 heterocycles. The normalized spacial score (nSPS) is 10.4. The van der Waals surface area contributed by atoms with Crippen LogP contribution in [0.5, 0.6) is 0 Å². The first-order valence-electron chi connectivity index (χ1n) is 6.30. The summed E-state index contributed by atoms with van der Waals surface area (Å²) in [5, 5.41) is 2.09. The highest BCUT2D eigenvalue weighted by Crippen LogP contribution is 2.19. The van der Waals surface area contributed by atoms with Gasteiger partial charge in [0.2, 0.25) is 6.29 Å². The molecule has 2 nitrogen and oxygen atoms in total. The summed E-state index contributed by atoms with van der Waals surface area (Å²) in [6.45, 7) is 0. The van der Waals surface area contributed by atoms with Gasteiger partial charge in [-0.1, -0.05) is 60.7 Å². The van der Waals surface area contributed by atoms with Crippen LogP contribution in [0.25, 0.3) is 10.8 Å². The Kier molecular flexibility index (Phi) is 3.13. The topological polar surface area (TPSA) is 34.1 Å². The second-order valence-electron chi connectivity index (χ2n) is 4.54. The standard InChI is InChI=1S/C18H11O2/c19-12-16-7-3-4-8-17(16)18(20)15-10-9-13-5-1-2-6-14(13)11-15/h1-11H. The molecule has 0 bridgehead atoms. The highest BCUT2D eigenvalue weighted by atomic mass is 16.1. The van der Waals surface area contributed by atoms with Gasteiger partial charge in [0.15, 0.2) is 5.78 Å². The van der Waals surface area contributed by atoms with Gasteiger partial charge in [-0.25, -0.2) is 0 Å². The Balaban J connectivity index is 2.10. The predicted octanol–water partition coefficient (Wildman–Crippen LogP) is 3.53. The summed E-state index contributed by atoms with van der Waals surface area (Å²) >= 11 is 0. The fourth-order valence-corrected chi connectivity index (χ4v) is 2.26. The Morgan fingerprint density at radius 1 is 0.800 bits per heavy atom. The van der Waals surface area contributed by atoms with E-state index in [0.717, 1.165) is 10.8 Å². The zero-order chi connectivity index (χ0) is 13.9. The maximum atomic E-state index is 12.5. The molecule has 0 aliphatic heterocycles. The molecule has 0 unspecified atom stereocenters. The van der Waals surface area contributed by atoms with Crippen molar-refractivity contribution in [3.63, 3.8) is 0 Å². The van der Waals surface area contributed by atoms with E-state index in [1.165, 1.54) is 0 Å². The first-order chi connectivity index (χ1) is 9.79. The molecule has 3 aromatic rings. The molecule has 0 atom stereocenters. The highest BCUT2D eigenvalue weighted by molar-refractivity contribution is 6.14. The van der Waals surface area contributed by atoms with Gasteiger partial charge in [0.1, 0.15) is 0 Å². The van der Waals surface area contributed by atoms with Crippen molar-refractivity contribution in [3.8, 4) is 0 Å². The number of benzene rings is 3. The second-order valence-corrected chi connectivity index (χ2v) is 4.54. The molecule has 0 aliphatic rings. The van der Waals surface area contributed by atoms with Gasteiger partial charge < -0.3 is 0 Å². The van der Waals surface area contributed by atoms with Crippen LogP contribution in [-0.2, 0) is 4.79 Å². The van der Waals surface area contributed by atoms with Crippen LogP contribution in [0.15, 0.2) is 66.7 Å². The zero-order valence-corrected chi connectivity index (χ0v) is 10.7. The fourth-order valence-electron chi connectivity index (χ4n) is 2.26. The monoisotopic (exact) mass is 259 g/mol. The summed E-state index contributed by atoms with van der Waals surface area (Å²) in [5.41, 5.74) is 1.26. The molecular weight excluding hydrogens is 248 g/mol. The number of ketones is 1. The molecule has 0 fully saturated rings. The van der Waals surface area contributed by atoms with Crippen LogP contribution in [0.2, 0.25) is 0 Å². The van der Waals surface area contributed by atoms with Crippen LogP contribution >= 0.6 is 0 Å². The lowest BCUT2D eigenvalue weighted by molar-refractivity contribution is 0.103. The van der Waals surface area contributed by atoms with Crippen LogP contribution in [0.4, 0.5) is 0 Å². The largest absolute Gasteiger partial charge is 0.289 e. The summed E-state index contributed by atoms with van der Waals surface area (Å²) in [5.74, 6) is -0.158. The lowest BCUT2D eigenvalue weighted by Gasteiger charge is -2.05. The van der Waals surface area contributed by atoms with Crippen molar-refractivity contribution in [1.29, 1.82) is 0 Å². The van der Waals surface area contributed by atoms with Crippen LogP contribution in [0.1, 0.15) is 21.5 Å². The number of carbonyl (C=O) groups is 1. The molecule has 20 heavy (non-hydrogen) atoms. The third-order valence-corrected chi connectivity index (χ3v) is 3.29. The third-order valence-electron chi connectivity index (χ3n) is 3.29. The van der Waals surface area contributed by atoms with E-state index in [1.807, 2.05) is 42.7 Å². The van der Waals surface area contributed by atoms with E-state index < -0.39 is 0 Å². The molecule has 0 saturated heterocycles. The van der Waals surface area contributed by atoms with Gasteiger partial charge in [-0.2, -0.15) is 0 Å². The van der Waals surface area contributed by atoms with Gasteiger partial charge in [-0.15, -0.1) is 0 Å². The minimum atomic E-state index is -0.158. The number of fused-ring (bicyclic) bond motifs is 1. The maximum Gasteiger partial charge on any atom is 0.234 e. The number of rotatable bonds is 3. The van der Waals surface area contributed by atoms with Gasteiger partial charge in [0, 0.05) is 16.7 Å². The number of hydrogen-bond donors (Lipinski definition) is 0. The van der Waals surface area contributed by atoms with Crippen molar-refractivity contribution in [2.75, 3.05) is 0 Å². The first kappa shape index (κ1) is 12.3. The van der Waals surface area contributed by atoms with Crippen molar-refractivity contribution in [2.45, 2.75) is 0 Å². The van der Waals surface area contributed by atoms with E-state index in [0.29, 0.717) is 16.7 Å². The molecule has 0 spiro atoms. The Hall–Kier alpha value is -2.74. The van der Waals surface area contributed by atoms with Crippen LogP contribution < -0.4 is 0 Å². The van der Waals surface area contributed by atoms with E-state index in [1.54, 1.807) is 30.3 Å². The predicted molar refractivity (Wildman–Crippen MR) is 78.6 cm³/mol. The maximum absolute atomic E-state index is 12.5. The molecule has 95 valence electrons. The summed E-state index contributed by atoms with van der Waals surface area (Å²) in [7, 11) is 0. The minimum Gasteiger partial charge on any atom is -0.289 e. The highest BCUT2D eigenvalue weighted by Gasteiger charge is 2.13. The molecule has 0 saturated carbocycles. The lowest BCUT2D eigenvalue weighted by Crippen LogP contribution is -2.05. The van der Waals surface area contributed by atoms with Crippen LogP contribution in [0, 0.1) is 0 Å². The lowest BCUT2D eigenvalue weighted by atomic mass is 9.97. The SMILES string of the molecule is O=[C]c1ccccc1C(=O)c1ccc2ccccc2c1. The first-order valence-corrected chi connectivity index (χ1v) is 6.30. The molecule has 3 rings (SSSR count). The quantitative estimate of drug-likeness (QED) is 0.674. The van der Waals surface area contributed by atoms with Gasteiger partial charge in [0.25, 0.3) is 0 Å². The van der Waals surface area contributed by atoms with Crippen LogP contribution in [0.3, 0.4) is 0 Å². The summed E-state index contributed by atoms with van der Waals surface area (Å²) < 4.78 is 0. The molecule has 2 heteroatoms. The van der Waals surface area contributed by atoms with Gasteiger partial charge in [0.05, 0.1) is 0 Å². The van der Waals surface area contributed by atoms with E-state index >= 15 is 0 Å². The molecule has 1 radical (unpaired) electrons. The molecule has 0 aromatic heterocycles. The van der Waals surface area contributed by atoms with Crippen molar-refractivity contribution in [1.82, 2.24) is 0 Å². The molecule has 0 aliphatic carbocycles. The molecular formula is C18H11O2. The van der Waals surface area contributed by atoms with Crippen molar-refractivity contribution in [3.05, 3.63) is 83.4 Å². The van der Waals surface area contributed by atoms with Crippen LogP contribution in [-0.4, -0.2) is 12.1 Å². The van der Waals surface area contributed by atoms with E-state index in [-0.39, 0.29) is 5.78 Å². The van der Waals surface area contributed by atoms with E-state index in [2.05, 4.69) is 0 Å². The second kappa shape index (κ2) is 5.10. The molecule has 0 amide bonds. The fraction of sp³-hybridized carbons (Fsp3) is 0. The van der Waals surface area contributed by atoms with E-state index in [4.69, 9.17) is 0 Å². The van der Waals surface area contributed by atoms with Gasteiger partial charge in [-0.05, 0) is 16.8 Å². The van der Waals surface area contributed by atoms with Crippen molar-refractivity contribution in [2.24, 2.45) is 0 Å². The average Bonchev–Trinajstić information content (AvgIpc) is 2.53. The van der Waals surface area contributed by atoms with Crippen molar-refractivity contribution < 1.29 is 9.59 Å². The molecule has 0 N–H and O–H groups in total. The minimum absolute atomic E-state index is 0.158.